The van der Waals surface area contributed by atoms with Crippen LogP contribution in [0.4, 0.5) is 0 Å². The molecule has 0 spiro atoms. The fraction of sp³-hybridized carbons (Fsp3) is 1.00. The van der Waals surface area contributed by atoms with Crippen LogP contribution in [-0.2, 0) is 16.8 Å². The summed E-state index contributed by atoms with van der Waals surface area (Å²) in [5.41, 5.74) is 0. The molecule has 0 fully saturated rings. The van der Waals surface area contributed by atoms with Crippen molar-refractivity contribution in [3.8, 4) is 0 Å². The lowest BCUT2D eigenvalue weighted by atomic mass is 10.1. The van der Waals surface area contributed by atoms with E-state index in [-0.39, 0.29) is 0 Å². The third-order valence-electron chi connectivity index (χ3n) is 4.13. The maximum atomic E-state index is 6.62. The van der Waals surface area contributed by atoms with Crippen molar-refractivity contribution in [1.29, 1.82) is 0 Å². The molecule has 0 amide bonds. The van der Waals surface area contributed by atoms with Crippen molar-refractivity contribution in [2.75, 3.05) is 7.11 Å². The van der Waals surface area contributed by atoms with Crippen LogP contribution in [0.15, 0.2) is 0 Å². The van der Waals surface area contributed by atoms with E-state index >= 15 is 0 Å². The average Bonchev–Trinajstić information content (AvgIpc) is 2.38. The lowest BCUT2D eigenvalue weighted by Gasteiger charge is -2.40. The quantitative estimate of drug-likeness (QED) is 0.240. The standard InChI is InChI=1S/C17H44O4Si4/c1-11-12-13-14-15-16-17-22(3,4)19-24(7,8)21-25(9,10)20-23(5,6)18-2/h11-17H2,1-10H3. The summed E-state index contributed by atoms with van der Waals surface area (Å²) < 4.78 is 24.9. The largest absolute Gasteiger partial charge is 0.436 e. The monoisotopic (exact) mass is 424 g/mol. The summed E-state index contributed by atoms with van der Waals surface area (Å²) in [5, 5.41) is 0. The minimum absolute atomic E-state index is 1.22. The van der Waals surface area contributed by atoms with Gasteiger partial charge in [0.1, 0.15) is 0 Å². The molecule has 0 aromatic carbocycles. The lowest BCUT2D eigenvalue weighted by molar-refractivity contribution is 0.265. The van der Waals surface area contributed by atoms with E-state index in [2.05, 4.69) is 59.3 Å². The number of hydrogen-bond donors (Lipinski definition) is 0. The van der Waals surface area contributed by atoms with Crippen molar-refractivity contribution >= 4 is 34.0 Å². The minimum atomic E-state index is -2.25. The predicted octanol–water partition coefficient (Wildman–Crippen LogP) is 6.35. The van der Waals surface area contributed by atoms with Crippen LogP contribution < -0.4 is 0 Å². The Bertz CT molecular complexity index is 374. The Morgan fingerprint density at radius 3 is 1.52 bits per heavy atom. The van der Waals surface area contributed by atoms with E-state index in [4.69, 9.17) is 16.8 Å². The van der Waals surface area contributed by atoms with Gasteiger partial charge in [0, 0.05) is 7.11 Å². The molecule has 0 saturated carbocycles. The van der Waals surface area contributed by atoms with Crippen LogP contribution in [0.2, 0.25) is 58.4 Å². The summed E-state index contributed by atoms with van der Waals surface area (Å²) in [6.45, 7) is 19.6. The highest BCUT2D eigenvalue weighted by Gasteiger charge is 2.43. The van der Waals surface area contributed by atoms with Gasteiger partial charge in [-0.15, -0.1) is 0 Å². The third kappa shape index (κ3) is 13.5. The van der Waals surface area contributed by atoms with Gasteiger partial charge in [-0.05, 0) is 58.4 Å². The molecule has 152 valence electrons. The first-order chi connectivity index (χ1) is 11.2. The molecule has 0 heterocycles. The van der Waals surface area contributed by atoms with Crippen LogP contribution in [0.25, 0.3) is 0 Å². The first-order valence-corrected chi connectivity index (χ1v) is 21.5. The molecule has 0 radical (unpaired) electrons. The molecule has 0 atom stereocenters. The molecule has 4 nitrogen and oxygen atoms in total. The molecule has 25 heavy (non-hydrogen) atoms. The molecule has 0 saturated heterocycles. The topological polar surface area (TPSA) is 36.9 Å². The van der Waals surface area contributed by atoms with Crippen molar-refractivity contribution in [1.82, 2.24) is 0 Å². The lowest BCUT2D eigenvalue weighted by Crippen LogP contribution is -2.56. The van der Waals surface area contributed by atoms with Crippen LogP contribution in [0.1, 0.15) is 45.4 Å². The summed E-state index contributed by atoms with van der Waals surface area (Å²) in [4.78, 5) is 0. The highest BCUT2D eigenvalue weighted by molar-refractivity contribution is 6.88. The maximum absolute atomic E-state index is 6.62. The molecule has 0 rings (SSSR count). The highest BCUT2D eigenvalue weighted by atomic mass is 28.5. The second kappa shape index (κ2) is 10.9. The number of unbranched alkanes of at least 4 members (excludes halogenated alkanes) is 5. The molecule has 8 heteroatoms. The zero-order valence-electron chi connectivity index (χ0n) is 18.6. The van der Waals surface area contributed by atoms with E-state index in [1.165, 1.54) is 44.6 Å². The molecule has 0 unspecified atom stereocenters. The van der Waals surface area contributed by atoms with E-state index in [1.807, 2.05) is 0 Å². The van der Waals surface area contributed by atoms with Crippen LogP contribution in [0.5, 0.6) is 0 Å². The van der Waals surface area contributed by atoms with Gasteiger partial charge < -0.3 is 16.8 Å². The zero-order valence-corrected chi connectivity index (χ0v) is 22.6. The molecular weight excluding hydrogens is 381 g/mol. The summed E-state index contributed by atoms with van der Waals surface area (Å²) >= 11 is 0. The van der Waals surface area contributed by atoms with E-state index in [1.54, 1.807) is 7.11 Å². The van der Waals surface area contributed by atoms with Crippen molar-refractivity contribution < 1.29 is 16.8 Å². The Kier molecular flexibility index (Phi) is 11.2. The van der Waals surface area contributed by atoms with Gasteiger partial charge in [0.15, 0.2) is 8.32 Å². The van der Waals surface area contributed by atoms with Gasteiger partial charge >= 0.3 is 25.7 Å². The summed E-state index contributed by atoms with van der Waals surface area (Å²) in [6, 6.07) is 1.22. The van der Waals surface area contributed by atoms with Crippen molar-refractivity contribution in [3.63, 3.8) is 0 Å². The second-order valence-electron chi connectivity index (χ2n) is 8.99. The smallest absolute Gasteiger partial charge is 0.322 e. The van der Waals surface area contributed by atoms with Gasteiger partial charge in [-0.2, -0.15) is 0 Å². The van der Waals surface area contributed by atoms with Crippen molar-refractivity contribution in [2.45, 2.75) is 104 Å². The fourth-order valence-electron chi connectivity index (χ4n) is 3.31. The Morgan fingerprint density at radius 1 is 0.560 bits per heavy atom. The Balaban J connectivity index is 4.46. The Hall–Kier alpha value is 0.708. The maximum Gasteiger partial charge on any atom is 0.322 e. The van der Waals surface area contributed by atoms with E-state index in [0.717, 1.165) is 0 Å². The van der Waals surface area contributed by atoms with Gasteiger partial charge in [0.05, 0.1) is 0 Å². The zero-order chi connectivity index (χ0) is 19.8. The molecule has 0 aromatic heterocycles. The first-order valence-electron chi connectivity index (χ1n) is 9.90. The predicted molar refractivity (Wildman–Crippen MR) is 118 cm³/mol. The molecule has 0 aliphatic carbocycles. The van der Waals surface area contributed by atoms with Gasteiger partial charge in [-0.1, -0.05) is 45.4 Å². The normalized spacial score (nSPS) is 14.2. The van der Waals surface area contributed by atoms with Gasteiger partial charge in [-0.3, -0.25) is 0 Å². The number of hydrogen-bond acceptors (Lipinski definition) is 4. The Labute approximate surface area is 161 Å². The SMILES string of the molecule is CCCCCCCC[Si](C)(C)O[Si](C)(C)O[Si](C)(C)O[Si](C)(C)OC. The summed E-state index contributed by atoms with van der Waals surface area (Å²) in [6.07, 6.45) is 8.03. The summed E-state index contributed by atoms with van der Waals surface area (Å²) in [7, 11) is -6.51. The molecular formula is C17H44O4Si4. The molecule has 0 aliphatic heterocycles. The molecule has 0 aliphatic rings. The minimum Gasteiger partial charge on any atom is -0.436 e. The number of rotatable bonds is 14. The van der Waals surface area contributed by atoms with E-state index in [0.29, 0.717) is 0 Å². The molecule has 0 N–H and O–H groups in total. The highest BCUT2D eigenvalue weighted by Crippen LogP contribution is 2.26. The third-order valence-corrected chi connectivity index (χ3v) is 18.7. The average molecular weight is 425 g/mol. The fourth-order valence-corrected chi connectivity index (χ4v) is 21.0. The second-order valence-corrected chi connectivity index (χ2v) is 24.3. The molecule has 0 bridgehead atoms. The van der Waals surface area contributed by atoms with Crippen molar-refractivity contribution in [2.24, 2.45) is 0 Å². The van der Waals surface area contributed by atoms with Gasteiger partial charge in [0.2, 0.25) is 0 Å². The van der Waals surface area contributed by atoms with E-state index < -0.39 is 34.0 Å². The van der Waals surface area contributed by atoms with E-state index in [9.17, 15) is 0 Å². The molecule has 0 aromatic rings. The van der Waals surface area contributed by atoms with Crippen molar-refractivity contribution in [3.05, 3.63) is 0 Å². The van der Waals surface area contributed by atoms with Gasteiger partial charge in [-0.25, -0.2) is 0 Å². The first kappa shape index (κ1) is 25.7. The van der Waals surface area contributed by atoms with Crippen LogP contribution in [0, 0.1) is 0 Å². The summed E-state index contributed by atoms with van der Waals surface area (Å²) in [5.74, 6) is 0. The van der Waals surface area contributed by atoms with Crippen LogP contribution >= 0.6 is 0 Å². The van der Waals surface area contributed by atoms with Crippen LogP contribution in [-0.4, -0.2) is 41.1 Å². The van der Waals surface area contributed by atoms with Gasteiger partial charge in [0.25, 0.3) is 0 Å². The Morgan fingerprint density at radius 2 is 1.00 bits per heavy atom. The van der Waals surface area contributed by atoms with Crippen LogP contribution in [0.3, 0.4) is 0 Å².